The van der Waals surface area contributed by atoms with Crippen LogP contribution >= 0.6 is 0 Å². The molecule has 1 N–H and O–H groups in total. The first-order valence-corrected chi connectivity index (χ1v) is 6.91. The van der Waals surface area contributed by atoms with Crippen LogP contribution in [0.1, 0.15) is 43.8 Å². The number of aliphatic hydroxyl groups excluding tert-OH is 1. The lowest BCUT2D eigenvalue weighted by atomic mass is 9.94. The third kappa shape index (κ3) is 3.74. The molecular formula is C15H21F2NO. The van der Waals surface area contributed by atoms with Crippen molar-refractivity contribution >= 4 is 0 Å². The summed E-state index contributed by atoms with van der Waals surface area (Å²) in [5.74, 6) is -1.29. The number of nitrogens with zero attached hydrogens (tertiary/aromatic N) is 1. The Morgan fingerprint density at radius 1 is 1.26 bits per heavy atom. The molecule has 0 heterocycles. The maximum Gasteiger partial charge on any atom is 0.131 e. The Hall–Kier alpha value is -1.00. The zero-order chi connectivity index (χ0) is 13.8. The molecule has 4 heteroatoms. The number of hydrogen-bond acceptors (Lipinski definition) is 2. The Balaban J connectivity index is 1.97. The van der Waals surface area contributed by atoms with E-state index in [4.69, 9.17) is 0 Å². The van der Waals surface area contributed by atoms with E-state index in [0.717, 1.165) is 18.9 Å². The van der Waals surface area contributed by atoms with Gasteiger partial charge in [0.1, 0.15) is 11.6 Å². The third-order valence-electron chi connectivity index (χ3n) is 3.98. The van der Waals surface area contributed by atoms with Crippen molar-refractivity contribution in [3.05, 3.63) is 35.4 Å². The first kappa shape index (κ1) is 14.4. The fourth-order valence-corrected chi connectivity index (χ4v) is 2.81. The molecule has 0 spiro atoms. The van der Waals surface area contributed by atoms with Crippen LogP contribution in [0.3, 0.4) is 0 Å². The van der Waals surface area contributed by atoms with Gasteiger partial charge in [0.15, 0.2) is 0 Å². The minimum Gasteiger partial charge on any atom is -0.387 e. The van der Waals surface area contributed by atoms with E-state index in [1.54, 1.807) is 0 Å². The molecular weight excluding hydrogens is 248 g/mol. The lowest BCUT2D eigenvalue weighted by molar-refractivity contribution is 0.0890. The van der Waals surface area contributed by atoms with Crippen molar-refractivity contribution in [2.75, 3.05) is 13.6 Å². The molecule has 1 fully saturated rings. The fraction of sp³-hybridized carbons (Fsp3) is 0.600. The van der Waals surface area contributed by atoms with Gasteiger partial charge in [0.2, 0.25) is 0 Å². The van der Waals surface area contributed by atoms with Crippen molar-refractivity contribution in [1.29, 1.82) is 0 Å². The van der Waals surface area contributed by atoms with Gasteiger partial charge in [-0.2, -0.15) is 0 Å². The summed E-state index contributed by atoms with van der Waals surface area (Å²) in [6, 6.07) is 3.79. The van der Waals surface area contributed by atoms with Crippen LogP contribution in [-0.4, -0.2) is 29.6 Å². The van der Waals surface area contributed by atoms with Crippen LogP contribution < -0.4 is 0 Å². The smallest absolute Gasteiger partial charge is 0.131 e. The van der Waals surface area contributed by atoms with Gasteiger partial charge in [-0.25, -0.2) is 8.78 Å². The molecule has 2 nitrogen and oxygen atoms in total. The molecule has 0 radical (unpaired) electrons. The molecule has 0 aliphatic heterocycles. The van der Waals surface area contributed by atoms with Gasteiger partial charge in [-0.3, -0.25) is 0 Å². The van der Waals surface area contributed by atoms with Gasteiger partial charge in [0.05, 0.1) is 6.10 Å². The lowest BCUT2D eigenvalue weighted by Crippen LogP contribution is -2.36. The number of hydrogen-bond donors (Lipinski definition) is 1. The highest BCUT2D eigenvalue weighted by atomic mass is 19.1. The molecule has 1 aromatic rings. The Kier molecular flexibility index (Phi) is 4.88. The van der Waals surface area contributed by atoms with Crippen LogP contribution in [0, 0.1) is 11.6 Å². The second-order valence-corrected chi connectivity index (χ2v) is 5.41. The topological polar surface area (TPSA) is 23.5 Å². The average Bonchev–Trinajstić information content (AvgIpc) is 2.39. The van der Waals surface area contributed by atoms with E-state index in [2.05, 4.69) is 4.90 Å². The second-order valence-electron chi connectivity index (χ2n) is 5.41. The van der Waals surface area contributed by atoms with Crippen molar-refractivity contribution in [2.24, 2.45) is 0 Å². The van der Waals surface area contributed by atoms with Crippen LogP contribution in [0.15, 0.2) is 18.2 Å². The van der Waals surface area contributed by atoms with E-state index in [0.29, 0.717) is 12.6 Å². The summed E-state index contributed by atoms with van der Waals surface area (Å²) in [5, 5.41) is 10.1. The van der Waals surface area contributed by atoms with E-state index in [9.17, 15) is 13.9 Å². The number of aliphatic hydroxyl groups is 1. The highest BCUT2D eigenvalue weighted by Gasteiger charge is 2.22. The summed E-state index contributed by atoms with van der Waals surface area (Å²) < 4.78 is 26.4. The molecule has 1 saturated carbocycles. The molecule has 0 amide bonds. The highest BCUT2D eigenvalue weighted by molar-refractivity contribution is 5.21. The molecule has 2 rings (SSSR count). The Bertz CT molecular complexity index is 419. The van der Waals surface area contributed by atoms with E-state index in [1.807, 2.05) is 7.05 Å². The van der Waals surface area contributed by atoms with Crippen LogP contribution in [0.25, 0.3) is 0 Å². The number of benzene rings is 1. The monoisotopic (exact) mass is 269 g/mol. The van der Waals surface area contributed by atoms with Crippen molar-refractivity contribution in [3.63, 3.8) is 0 Å². The summed E-state index contributed by atoms with van der Waals surface area (Å²) in [6.07, 6.45) is 5.07. The normalized spacial score (nSPS) is 18.8. The summed E-state index contributed by atoms with van der Waals surface area (Å²) in [5.41, 5.74) is 0.170. The van der Waals surface area contributed by atoms with Gasteiger partial charge in [-0.05, 0) is 26.0 Å². The van der Waals surface area contributed by atoms with Gasteiger partial charge in [-0.15, -0.1) is 0 Å². The van der Waals surface area contributed by atoms with E-state index < -0.39 is 17.7 Å². The maximum atomic E-state index is 13.6. The summed E-state index contributed by atoms with van der Waals surface area (Å²) in [7, 11) is 1.96. The Morgan fingerprint density at radius 3 is 2.58 bits per heavy atom. The molecule has 1 aromatic carbocycles. The zero-order valence-corrected chi connectivity index (χ0v) is 11.3. The fourth-order valence-electron chi connectivity index (χ4n) is 2.81. The van der Waals surface area contributed by atoms with Crippen molar-refractivity contribution in [2.45, 2.75) is 44.2 Å². The van der Waals surface area contributed by atoms with Gasteiger partial charge >= 0.3 is 0 Å². The Labute approximate surface area is 113 Å². The Morgan fingerprint density at radius 2 is 1.95 bits per heavy atom. The summed E-state index contributed by atoms with van der Waals surface area (Å²) >= 11 is 0. The van der Waals surface area contributed by atoms with Gasteiger partial charge < -0.3 is 10.0 Å². The van der Waals surface area contributed by atoms with Gasteiger partial charge in [0, 0.05) is 24.2 Å². The van der Waals surface area contributed by atoms with Crippen molar-refractivity contribution in [1.82, 2.24) is 4.90 Å². The van der Waals surface area contributed by atoms with Crippen LogP contribution in [0.2, 0.25) is 0 Å². The quantitative estimate of drug-likeness (QED) is 0.907. The molecule has 0 aromatic heterocycles. The van der Waals surface area contributed by atoms with Crippen LogP contribution in [0.5, 0.6) is 0 Å². The predicted octanol–water partition coefficient (Wildman–Crippen LogP) is 3.26. The molecule has 1 aliphatic carbocycles. The zero-order valence-electron chi connectivity index (χ0n) is 11.3. The second kappa shape index (κ2) is 6.44. The van der Waals surface area contributed by atoms with E-state index in [-0.39, 0.29) is 5.56 Å². The van der Waals surface area contributed by atoms with Crippen molar-refractivity contribution < 1.29 is 13.9 Å². The minimum absolute atomic E-state index is 0.170. The standard InChI is InChI=1S/C15H21F2NO/c1-18(12-5-3-2-4-6-12)10-15(19)13-8-7-11(16)9-14(13)17/h7-9,12,15,19H,2-6,10H2,1H3. The summed E-state index contributed by atoms with van der Waals surface area (Å²) in [6.45, 7) is 0.382. The number of rotatable bonds is 4. The molecule has 0 saturated heterocycles. The van der Waals surface area contributed by atoms with Crippen LogP contribution in [0.4, 0.5) is 8.78 Å². The number of likely N-dealkylation sites (N-methyl/N-ethyl adjacent to an activating group) is 1. The minimum atomic E-state index is -0.910. The molecule has 0 bridgehead atoms. The van der Waals surface area contributed by atoms with Gasteiger partial charge in [0.25, 0.3) is 0 Å². The van der Waals surface area contributed by atoms with Crippen molar-refractivity contribution in [3.8, 4) is 0 Å². The number of halogens is 2. The van der Waals surface area contributed by atoms with E-state index in [1.165, 1.54) is 31.4 Å². The molecule has 19 heavy (non-hydrogen) atoms. The summed E-state index contributed by atoms with van der Waals surface area (Å²) in [4.78, 5) is 2.09. The molecule has 1 atom stereocenters. The highest BCUT2D eigenvalue weighted by Crippen LogP contribution is 2.24. The predicted molar refractivity (Wildman–Crippen MR) is 70.8 cm³/mol. The first-order valence-electron chi connectivity index (χ1n) is 6.91. The van der Waals surface area contributed by atoms with E-state index >= 15 is 0 Å². The lowest BCUT2D eigenvalue weighted by Gasteiger charge is -2.32. The van der Waals surface area contributed by atoms with Gasteiger partial charge in [-0.1, -0.05) is 25.3 Å². The first-order chi connectivity index (χ1) is 9.08. The molecule has 106 valence electrons. The average molecular weight is 269 g/mol. The SMILES string of the molecule is CN(CC(O)c1ccc(F)cc1F)C1CCCCC1. The third-order valence-corrected chi connectivity index (χ3v) is 3.98. The maximum absolute atomic E-state index is 13.6. The largest absolute Gasteiger partial charge is 0.387 e. The van der Waals surface area contributed by atoms with Crippen LogP contribution in [-0.2, 0) is 0 Å². The molecule has 1 aliphatic rings. The molecule has 1 unspecified atom stereocenters.